The summed E-state index contributed by atoms with van der Waals surface area (Å²) in [5.74, 6) is -1.83. The molecule has 130 valence electrons. The van der Waals surface area contributed by atoms with Crippen molar-refractivity contribution in [3.05, 3.63) is 101 Å². The Bertz CT molecular complexity index is 919. The summed E-state index contributed by atoms with van der Waals surface area (Å²) in [6, 6.07) is 6.84. The molecule has 2 aliphatic carbocycles. The normalized spacial score (nSPS) is 16.6. The van der Waals surface area contributed by atoms with Crippen LogP contribution >= 0.6 is 0 Å². The minimum atomic E-state index is -0.936. The molecule has 0 heterocycles. The quantitative estimate of drug-likeness (QED) is 0.838. The van der Waals surface area contributed by atoms with Gasteiger partial charge in [0.2, 0.25) is 0 Å². The number of hydrogen-bond acceptors (Lipinski definition) is 2. The maximum atomic E-state index is 11.1. The zero-order valence-electron chi connectivity index (χ0n) is 14.1. The lowest BCUT2D eigenvalue weighted by Crippen LogP contribution is -1.98. The zero-order valence-corrected chi connectivity index (χ0v) is 14.1. The van der Waals surface area contributed by atoms with Gasteiger partial charge < -0.3 is 10.2 Å². The first-order valence-electron chi connectivity index (χ1n) is 8.27. The molecule has 2 aliphatic rings. The molecule has 0 saturated carbocycles. The van der Waals surface area contributed by atoms with Gasteiger partial charge in [0.05, 0.1) is 5.56 Å². The van der Waals surface area contributed by atoms with E-state index < -0.39 is 11.9 Å². The van der Waals surface area contributed by atoms with E-state index in [0.717, 1.165) is 28.7 Å². The molecule has 0 aliphatic heterocycles. The van der Waals surface area contributed by atoms with Gasteiger partial charge in [0, 0.05) is 5.57 Å². The van der Waals surface area contributed by atoms with Crippen molar-refractivity contribution in [1.29, 1.82) is 0 Å². The van der Waals surface area contributed by atoms with Gasteiger partial charge in [-0.2, -0.15) is 0 Å². The van der Waals surface area contributed by atoms with E-state index in [0.29, 0.717) is 12.0 Å². The maximum absolute atomic E-state index is 11.1. The Hall–Kier alpha value is -3.40. The number of carboxylic acids is 2. The summed E-state index contributed by atoms with van der Waals surface area (Å²) in [6.07, 6.45) is 16.5. The van der Waals surface area contributed by atoms with Gasteiger partial charge in [0.15, 0.2) is 0 Å². The van der Waals surface area contributed by atoms with Crippen molar-refractivity contribution in [1.82, 2.24) is 0 Å². The summed E-state index contributed by atoms with van der Waals surface area (Å²) in [6.45, 7) is 0. The van der Waals surface area contributed by atoms with Crippen LogP contribution in [0.4, 0.5) is 0 Å². The molecular weight excluding hydrogens is 328 g/mol. The van der Waals surface area contributed by atoms with Crippen LogP contribution in [0, 0.1) is 0 Å². The largest absolute Gasteiger partial charge is 0.478 e. The number of hydrogen-bond donors (Lipinski definition) is 2. The number of rotatable bonds is 4. The summed E-state index contributed by atoms with van der Waals surface area (Å²) in [5.41, 5.74) is 4.66. The Kier molecular flexibility index (Phi) is 5.13. The van der Waals surface area contributed by atoms with Crippen molar-refractivity contribution in [2.75, 3.05) is 0 Å². The fraction of sp³-hybridized carbons (Fsp3) is 0.0909. The lowest BCUT2D eigenvalue weighted by atomic mass is 10.0. The Labute approximate surface area is 151 Å². The van der Waals surface area contributed by atoms with Gasteiger partial charge >= 0.3 is 11.9 Å². The summed E-state index contributed by atoms with van der Waals surface area (Å²) < 4.78 is 0. The molecule has 0 amide bonds. The molecule has 0 atom stereocenters. The van der Waals surface area contributed by atoms with Crippen LogP contribution in [-0.4, -0.2) is 22.2 Å². The molecule has 0 radical (unpaired) electrons. The van der Waals surface area contributed by atoms with E-state index in [4.69, 9.17) is 10.2 Å². The fourth-order valence-electron chi connectivity index (χ4n) is 2.84. The van der Waals surface area contributed by atoms with E-state index in [2.05, 4.69) is 6.08 Å². The summed E-state index contributed by atoms with van der Waals surface area (Å²) in [4.78, 5) is 22.1. The second-order valence-electron chi connectivity index (χ2n) is 6.03. The molecule has 0 bridgehead atoms. The minimum Gasteiger partial charge on any atom is -0.478 e. The number of allylic oxidation sites excluding steroid dienone is 11. The lowest BCUT2D eigenvalue weighted by Gasteiger charge is -2.04. The number of carbonyl (C=O) groups is 2. The van der Waals surface area contributed by atoms with E-state index in [9.17, 15) is 9.59 Å². The van der Waals surface area contributed by atoms with Crippen LogP contribution in [0.3, 0.4) is 0 Å². The van der Waals surface area contributed by atoms with Crippen molar-refractivity contribution in [3.63, 3.8) is 0 Å². The Balaban J connectivity index is 1.87. The highest BCUT2D eigenvalue weighted by atomic mass is 16.4. The molecule has 0 aromatic heterocycles. The van der Waals surface area contributed by atoms with Crippen LogP contribution in [0.15, 0.2) is 89.6 Å². The average molecular weight is 346 g/mol. The monoisotopic (exact) mass is 346 g/mol. The predicted octanol–water partition coefficient (Wildman–Crippen LogP) is 4.55. The molecule has 4 heteroatoms. The van der Waals surface area contributed by atoms with Crippen LogP contribution in [0.2, 0.25) is 0 Å². The van der Waals surface area contributed by atoms with Gasteiger partial charge in [-0.25, -0.2) is 9.59 Å². The van der Waals surface area contributed by atoms with Crippen LogP contribution in [0.1, 0.15) is 28.8 Å². The highest BCUT2D eigenvalue weighted by molar-refractivity contribution is 5.88. The Morgan fingerprint density at radius 2 is 1.35 bits per heavy atom. The Morgan fingerprint density at radius 1 is 0.731 bits per heavy atom. The third-order valence-corrected chi connectivity index (χ3v) is 4.31. The van der Waals surface area contributed by atoms with E-state index in [1.807, 2.05) is 48.6 Å². The molecule has 0 saturated heterocycles. The molecule has 0 unspecified atom stereocenters. The summed E-state index contributed by atoms with van der Waals surface area (Å²) >= 11 is 0. The van der Waals surface area contributed by atoms with Gasteiger partial charge in [0.1, 0.15) is 0 Å². The molecule has 0 fully saturated rings. The smallest absolute Gasteiger partial charge is 0.335 e. The molecule has 0 spiro atoms. The highest BCUT2D eigenvalue weighted by Gasteiger charge is 2.10. The molecule has 3 rings (SSSR count). The number of aromatic carboxylic acids is 1. The summed E-state index contributed by atoms with van der Waals surface area (Å²) in [7, 11) is 0. The van der Waals surface area contributed by atoms with Gasteiger partial charge in [-0.05, 0) is 47.3 Å². The first-order valence-corrected chi connectivity index (χ1v) is 8.27. The number of benzene rings is 1. The van der Waals surface area contributed by atoms with E-state index in [-0.39, 0.29) is 5.56 Å². The topological polar surface area (TPSA) is 74.6 Å². The zero-order chi connectivity index (χ0) is 18.5. The van der Waals surface area contributed by atoms with Crippen molar-refractivity contribution < 1.29 is 19.8 Å². The lowest BCUT2D eigenvalue weighted by molar-refractivity contribution is -0.132. The SMILES string of the molecule is O=C(O)C1=CC=C(C2=CC=C(c3ccc(C(=O)O)cc3)CC=C2)C=CC1. The van der Waals surface area contributed by atoms with Gasteiger partial charge in [-0.1, -0.05) is 60.7 Å². The van der Waals surface area contributed by atoms with Gasteiger partial charge in [-0.3, -0.25) is 0 Å². The maximum Gasteiger partial charge on any atom is 0.335 e. The van der Waals surface area contributed by atoms with Gasteiger partial charge in [0.25, 0.3) is 0 Å². The van der Waals surface area contributed by atoms with Crippen LogP contribution in [-0.2, 0) is 4.79 Å². The number of carboxylic acid groups (broad SMARTS) is 2. The predicted molar refractivity (Wildman–Crippen MR) is 101 cm³/mol. The van der Waals surface area contributed by atoms with E-state index in [1.165, 1.54) is 0 Å². The van der Waals surface area contributed by atoms with Crippen LogP contribution in [0.25, 0.3) is 5.57 Å². The standard InChI is InChI=1S/C22H18O4/c23-21(24)19-6-2-5-16(9-12-19)15-3-1-4-17(8-7-15)18-10-13-20(14-11-18)22(25)26/h1-3,5,7-14H,4,6H2,(H,23,24)(H,25,26). The van der Waals surface area contributed by atoms with Crippen LogP contribution in [0.5, 0.6) is 0 Å². The molecular formula is C22H18O4. The first kappa shape index (κ1) is 17.4. The average Bonchev–Trinajstić information content (AvgIpc) is 3.02. The second kappa shape index (κ2) is 7.66. The van der Waals surface area contributed by atoms with Gasteiger partial charge in [-0.15, -0.1) is 0 Å². The Morgan fingerprint density at radius 3 is 1.96 bits per heavy atom. The first-order chi connectivity index (χ1) is 12.5. The van der Waals surface area contributed by atoms with Crippen molar-refractivity contribution in [2.45, 2.75) is 12.8 Å². The highest BCUT2D eigenvalue weighted by Crippen LogP contribution is 2.26. The molecule has 2 N–H and O–H groups in total. The third-order valence-electron chi connectivity index (χ3n) is 4.31. The molecule has 4 nitrogen and oxygen atoms in total. The van der Waals surface area contributed by atoms with Crippen molar-refractivity contribution in [2.24, 2.45) is 0 Å². The minimum absolute atomic E-state index is 0.268. The summed E-state index contributed by atoms with van der Waals surface area (Å²) in [5, 5.41) is 18.1. The third kappa shape index (κ3) is 3.98. The molecule has 26 heavy (non-hydrogen) atoms. The van der Waals surface area contributed by atoms with E-state index >= 15 is 0 Å². The fourth-order valence-corrected chi connectivity index (χ4v) is 2.84. The van der Waals surface area contributed by atoms with Crippen molar-refractivity contribution >= 4 is 17.5 Å². The molecule has 1 aromatic carbocycles. The second-order valence-corrected chi connectivity index (χ2v) is 6.03. The number of aliphatic carboxylic acids is 1. The van der Waals surface area contributed by atoms with Crippen LogP contribution < -0.4 is 0 Å². The van der Waals surface area contributed by atoms with Crippen molar-refractivity contribution in [3.8, 4) is 0 Å². The molecule has 1 aromatic rings. The van der Waals surface area contributed by atoms with E-state index in [1.54, 1.807) is 18.2 Å².